The van der Waals surface area contributed by atoms with Crippen molar-refractivity contribution in [2.75, 3.05) is 0 Å². The summed E-state index contributed by atoms with van der Waals surface area (Å²) in [5, 5.41) is 3.96. The molecular weight excluding hydrogens is 312 g/mol. The third-order valence-electron chi connectivity index (χ3n) is 4.70. The number of carbonyl (C=O) groups excluding carboxylic acids is 1. The van der Waals surface area contributed by atoms with Crippen LogP contribution in [0.25, 0.3) is 0 Å². The highest BCUT2D eigenvalue weighted by atomic mass is 32.1. The Morgan fingerprint density at radius 1 is 1.30 bits per heavy atom. The molecule has 0 aliphatic carbocycles. The van der Waals surface area contributed by atoms with E-state index in [0.717, 1.165) is 31.4 Å². The van der Waals surface area contributed by atoms with Crippen LogP contribution in [0.5, 0.6) is 5.88 Å². The molecule has 0 N–H and O–H groups in total. The van der Waals surface area contributed by atoms with E-state index >= 15 is 0 Å². The van der Waals surface area contributed by atoms with Gasteiger partial charge in [-0.1, -0.05) is 10.6 Å². The number of aromatic nitrogens is 3. The van der Waals surface area contributed by atoms with Gasteiger partial charge in [0, 0.05) is 37.2 Å². The first-order chi connectivity index (χ1) is 11.2. The van der Waals surface area contributed by atoms with Crippen molar-refractivity contribution in [3.05, 3.63) is 35.0 Å². The molecule has 2 aliphatic heterocycles. The minimum atomic E-state index is 0.0845. The Bertz CT molecular complexity index is 691. The summed E-state index contributed by atoms with van der Waals surface area (Å²) >= 11 is 1.19. The van der Waals surface area contributed by atoms with E-state index in [1.807, 2.05) is 30.0 Å². The second-order valence-electron chi connectivity index (χ2n) is 6.16. The predicted molar refractivity (Wildman–Crippen MR) is 85.5 cm³/mol. The van der Waals surface area contributed by atoms with E-state index in [1.54, 1.807) is 6.20 Å². The van der Waals surface area contributed by atoms with Gasteiger partial charge in [-0.15, -0.1) is 5.10 Å². The molecule has 2 atom stereocenters. The number of hydrogen-bond acceptors (Lipinski definition) is 6. The van der Waals surface area contributed by atoms with Crippen LogP contribution in [0, 0.1) is 6.92 Å². The number of amides is 1. The topological polar surface area (TPSA) is 68.2 Å². The van der Waals surface area contributed by atoms with Gasteiger partial charge in [-0.3, -0.25) is 4.79 Å². The van der Waals surface area contributed by atoms with Gasteiger partial charge in [0.25, 0.3) is 5.91 Å². The summed E-state index contributed by atoms with van der Waals surface area (Å²) in [6.07, 6.45) is 5.69. The van der Waals surface area contributed by atoms with Crippen LogP contribution in [0.1, 0.15) is 41.0 Å². The Labute approximate surface area is 138 Å². The number of pyridine rings is 1. The fraction of sp³-hybridized carbons (Fsp3) is 0.500. The molecule has 0 saturated carbocycles. The molecule has 2 aromatic rings. The van der Waals surface area contributed by atoms with Gasteiger partial charge in [0.1, 0.15) is 11.0 Å². The number of aryl methyl sites for hydroxylation is 1. The van der Waals surface area contributed by atoms with Gasteiger partial charge in [0.15, 0.2) is 0 Å². The number of nitrogens with zero attached hydrogens (tertiary/aromatic N) is 4. The summed E-state index contributed by atoms with van der Waals surface area (Å²) in [4.78, 5) is 19.8. The molecule has 2 unspecified atom stereocenters. The molecule has 0 aromatic carbocycles. The zero-order chi connectivity index (χ0) is 15.8. The molecular formula is C16H18N4O2S. The first-order valence-electron chi connectivity index (χ1n) is 7.91. The number of hydrogen-bond donors (Lipinski definition) is 0. The lowest BCUT2D eigenvalue weighted by molar-refractivity contribution is 0.0351. The molecule has 120 valence electrons. The summed E-state index contributed by atoms with van der Waals surface area (Å²) < 4.78 is 9.90. The van der Waals surface area contributed by atoms with Crippen molar-refractivity contribution in [1.82, 2.24) is 19.5 Å². The normalized spacial score (nSPS) is 26.3. The quantitative estimate of drug-likeness (QED) is 0.865. The van der Waals surface area contributed by atoms with Gasteiger partial charge in [-0.25, -0.2) is 4.98 Å². The Morgan fingerprint density at radius 2 is 2.09 bits per heavy atom. The lowest BCUT2D eigenvalue weighted by Gasteiger charge is -2.38. The van der Waals surface area contributed by atoms with E-state index in [4.69, 9.17) is 4.74 Å². The molecule has 4 rings (SSSR count). The highest BCUT2D eigenvalue weighted by molar-refractivity contribution is 7.07. The maximum Gasteiger partial charge on any atom is 0.268 e. The molecule has 2 aromatic heterocycles. The average molecular weight is 330 g/mol. The van der Waals surface area contributed by atoms with Crippen LogP contribution in [0.3, 0.4) is 0 Å². The van der Waals surface area contributed by atoms with Crippen LogP contribution in [0.15, 0.2) is 24.4 Å². The second kappa shape index (κ2) is 5.88. The monoisotopic (exact) mass is 330 g/mol. The van der Waals surface area contributed by atoms with Gasteiger partial charge >= 0.3 is 0 Å². The van der Waals surface area contributed by atoms with Crippen molar-refractivity contribution in [1.29, 1.82) is 0 Å². The van der Waals surface area contributed by atoms with Crippen LogP contribution < -0.4 is 4.74 Å². The van der Waals surface area contributed by atoms with Gasteiger partial charge in [0.2, 0.25) is 5.88 Å². The summed E-state index contributed by atoms with van der Waals surface area (Å²) in [5.41, 5.74) is 0.728. The SMILES string of the molecule is Cc1nnsc1C(=O)N1C2CCC1CC(Oc1ccccn1)C2. The van der Waals surface area contributed by atoms with Crippen molar-refractivity contribution < 1.29 is 9.53 Å². The molecule has 2 aliphatic rings. The van der Waals surface area contributed by atoms with Crippen molar-refractivity contribution >= 4 is 17.4 Å². The maximum atomic E-state index is 12.8. The molecule has 7 heteroatoms. The summed E-state index contributed by atoms with van der Waals surface area (Å²) in [6, 6.07) is 6.18. The van der Waals surface area contributed by atoms with E-state index < -0.39 is 0 Å². The lowest BCUT2D eigenvalue weighted by atomic mass is 9.99. The molecule has 23 heavy (non-hydrogen) atoms. The highest BCUT2D eigenvalue weighted by Crippen LogP contribution is 2.38. The molecule has 2 fully saturated rings. The molecule has 0 radical (unpaired) electrons. The number of rotatable bonds is 3. The fourth-order valence-electron chi connectivity index (χ4n) is 3.69. The summed E-state index contributed by atoms with van der Waals surface area (Å²) in [6.45, 7) is 1.84. The largest absolute Gasteiger partial charge is 0.474 e. The Morgan fingerprint density at radius 3 is 2.70 bits per heavy atom. The molecule has 1 amide bonds. The van der Waals surface area contributed by atoms with Gasteiger partial charge in [-0.2, -0.15) is 0 Å². The molecule has 2 saturated heterocycles. The van der Waals surface area contributed by atoms with Crippen molar-refractivity contribution in [2.45, 2.75) is 50.8 Å². The third-order valence-corrected chi connectivity index (χ3v) is 5.51. The van der Waals surface area contributed by atoms with Crippen molar-refractivity contribution in [3.63, 3.8) is 0 Å². The fourth-order valence-corrected chi connectivity index (χ4v) is 4.29. The van der Waals surface area contributed by atoms with E-state index in [2.05, 4.69) is 14.6 Å². The Kier molecular flexibility index (Phi) is 3.72. The third kappa shape index (κ3) is 2.69. The van der Waals surface area contributed by atoms with Crippen LogP contribution in [0.2, 0.25) is 0 Å². The van der Waals surface area contributed by atoms with Crippen LogP contribution >= 0.6 is 11.5 Å². The zero-order valence-corrected chi connectivity index (χ0v) is 13.7. The Balaban J connectivity index is 1.48. The number of carbonyl (C=O) groups is 1. The van der Waals surface area contributed by atoms with E-state index in [1.165, 1.54) is 11.5 Å². The average Bonchev–Trinajstić information content (AvgIpc) is 3.09. The van der Waals surface area contributed by atoms with Crippen molar-refractivity contribution in [2.24, 2.45) is 0 Å². The predicted octanol–water partition coefficient (Wildman–Crippen LogP) is 2.46. The number of piperidine rings is 1. The van der Waals surface area contributed by atoms with Gasteiger partial charge in [0.05, 0.1) is 5.69 Å². The first kappa shape index (κ1) is 14.6. The van der Waals surface area contributed by atoms with E-state index in [-0.39, 0.29) is 24.1 Å². The van der Waals surface area contributed by atoms with Crippen LogP contribution in [-0.4, -0.2) is 43.6 Å². The highest BCUT2D eigenvalue weighted by Gasteiger charge is 2.45. The molecule has 4 heterocycles. The minimum Gasteiger partial charge on any atom is -0.474 e. The second-order valence-corrected chi connectivity index (χ2v) is 6.92. The molecule has 0 spiro atoms. The number of ether oxygens (including phenoxy) is 1. The number of fused-ring (bicyclic) bond motifs is 2. The smallest absolute Gasteiger partial charge is 0.268 e. The Hall–Kier alpha value is -2.02. The van der Waals surface area contributed by atoms with E-state index in [0.29, 0.717) is 10.8 Å². The van der Waals surface area contributed by atoms with Gasteiger partial charge < -0.3 is 9.64 Å². The maximum absolute atomic E-state index is 12.8. The van der Waals surface area contributed by atoms with Crippen molar-refractivity contribution in [3.8, 4) is 5.88 Å². The zero-order valence-electron chi connectivity index (χ0n) is 12.9. The lowest BCUT2D eigenvalue weighted by Crippen LogP contribution is -2.49. The summed E-state index contributed by atoms with van der Waals surface area (Å²) in [7, 11) is 0. The summed E-state index contributed by atoms with van der Waals surface area (Å²) in [5.74, 6) is 0.750. The molecule has 6 nitrogen and oxygen atoms in total. The van der Waals surface area contributed by atoms with Crippen LogP contribution in [0.4, 0.5) is 0 Å². The standard InChI is InChI=1S/C16H18N4O2S/c1-10-15(23-19-18-10)16(21)20-11-5-6-12(20)9-13(8-11)22-14-4-2-3-7-17-14/h2-4,7,11-13H,5-6,8-9H2,1H3. The minimum absolute atomic E-state index is 0.0845. The van der Waals surface area contributed by atoms with E-state index in [9.17, 15) is 4.79 Å². The molecule has 2 bridgehead atoms. The van der Waals surface area contributed by atoms with Crippen LogP contribution in [-0.2, 0) is 0 Å². The first-order valence-corrected chi connectivity index (χ1v) is 8.69. The van der Waals surface area contributed by atoms with Gasteiger partial charge in [-0.05, 0) is 37.4 Å².